The maximum absolute atomic E-state index is 11.9. The molecule has 6 nitrogen and oxygen atoms in total. The molecule has 1 N–H and O–H groups in total. The van der Waals surface area contributed by atoms with Gasteiger partial charge in [0.15, 0.2) is 0 Å². The van der Waals surface area contributed by atoms with E-state index < -0.39 is 0 Å². The molecule has 0 atom stereocenters. The van der Waals surface area contributed by atoms with Crippen LogP contribution in [0.25, 0.3) is 10.9 Å². The fourth-order valence-corrected chi connectivity index (χ4v) is 3.18. The molecule has 134 valence electrons. The van der Waals surface area contributed by atoms with Gasteiger partial charge in [-0.05, 0) is 24.6 Å². The highest BCUT2D eigenvalue weighted by atomic mass is 16.5. The number of anilines is 1. The lowest BCUT2D eigenvalue weighted by molar-refractivity contribution is -0.122. The molecular formula is C19H26N4O2. The van der Waals surface area contributed by atoms with Crippen molar-refractivity contribution in [2.75, 3.05) is 57.9 Å². The van der Waals surface area contributed by atoms with E-state index in [1.807, 2.05) is 12.1 Å². The summed E-state index contributed by atoms with van der Waals surface area (Å²) in [5.74, 6) is 1.09. The fraction of sp³-hybridized carbons (Fsp3) is 0.474. The van der Waals surface area contributed by atoms with Crippen LogP contribution in [0, 0.1) is 6.92 Å². The molecule has 2 aromatic rings. The van der Waals surface area contributed by atoms with Gasteiger partial charge in [0, 0.05) is 45.2 Å². The van der Waals surface area contributed by atoms with Gasteiger partial charge < -0.3 is 15.0 Å². The largest absolute Gasteiger partial charge is 0.383 e. The van der Waals surface area contributed by atoms with Gasteiger partial charge in [-0.2, -0.15) is 0 Å². The minimum absolute atomic E-state index is 0.0603. The van der Waals surface area contributed by atoms with Gasteiger partial charge in [0.2, 0.25) is 5.91 Å². The van der Waals surface area contributed by atoms with Crippen molar-refractivity contribution in [3.05, 3.63) is 35.9 Å². The third-order valence-electron chi connectivity index (χ3n) is 4.60. The van der Waals surface area contributed by atoms with Crippen LogP contribution in [-0.4, -0.2) is 68.8 Å². The number of methoxy groups -OCH3 is 1. The van der Waals surface area contributed by atoms with Gasteiger partial charge in [-0.25, -0.2) is 4.98 Å². The number of para-hydroxylation sites is 1. The van der Waals surface area contributed by atoms with Crippen LogP contribution in [0.2, 0.25) is 0 Å². The second-order valence-corrected chi connectivity index (χ2v) is 6.42. The highest BCUT2D eigenvalue weighted by Gasteiger charge is 2.20. The molecule has 2 heterocycles. The van der Waals surface area contributed by atoms with Gasteiger partial charge in [0.25, 0.3) is 0 Å². The van der Waals surface area contributed by atoms with Crippen LogP contribution in [0.5, 0.6) is 0 Å². The Labute approximate surface area is 148 Å². The first-order valence-corrected chi connectivity index (χ1v) is 8.76. The van der Waals surface area contributed by atoms with E-state index in [1.54, 1.807) is 7.11 Å². The number of carbonyl (C=O) groups excluding carboxylic acids is 1. The van der Waals surface area contributed by atoms with Crippen LogP contribution in [0.1, 0.15) is 5.56 Å². The van der Waals surface area contributed by atoms with Crippen LogP contribution in [0.3, 0.4) is 0 Å². The Bertz CT molecular complexity index is 726. The molecule has 1 fully saturated rings. The molecule has 0 saturated carbocycles. The number of carbonyl (C=O) groups is 1. The van der Waals surface area contributed by atoms with Crippen LogP contribution in [0.15, 0.2) is 30.3 Å². The number of amides is 1. The number of hydrogen-bond donors (Lipinski definition) is 1. The van der Waals surface area contributed by atoms with Crippen molar-refractivity contribution in [3.8, 4) is 0 Å². The lowest BCUT2D eigenvalue weighted by atomic mass is 10.1. The number of aromatic nitrogens is 1. The molecule has 0 aliphatic carbocycles. The van der Waals surface area contributed by atoms with Crippen molar-refractivity contribution < 1.29 is 9.53 Å². The van der Waals surface area contributed by atoms with Crippen molar-refractivity contribution in [1.82, 2.24) is 15.2 Å². The zero-order valence-corrected chi connectivity index (χ0v) is 15.0. The van der Waals surface area contributed by atoms with Crippen molar-refractivity contribution in [2.24, 2.45) is 0 Å². The molecule has 0 bridgehead atoms. The first kappa shape index (κ1) is 17.6. The highest BCUT2D eigenvalue weighted by Crippen LogP contribution is 2.23. The number of hydrogen-bond acceptors (Lipinski definition) is 5. The molecule has 1 amide bonds. The van der Waals surface area contributed by atoms with E-state index in [-0.39, 0.29) is 5.91 Å². The Morgan fingerprint density at radius 3 is 2.76 bits per heavy atom. The topological polar surface area (TPSA) is 57.7 Å². The third kappa shape index (κ3) is 4.46. The standard InChI is InChI=1S/C19H26N4O2/c1-15-13-18(21-17-6-4-3-5-16(15)17)23-10-8-22(9-11-23)14-19(24)20-7-12-25-2/h3-6,13H,7-12,14H2,1-2H3,(H,20,24). The number of nitrogens with zero attached hydrogens (tertiary/aromatic N) is 3. The monoisotopic (exact) mass is 342 g/mol. The molecule has 25 heavy (non-hydrogen) atoms. The zero-order chi connectivity index (χ0) is 17.6. The number of rotatable bonds is 6. The molecule has 1 aromatic carbocycles. The Morgan fingerprint density at radius 1 is 1.24 bits per heavy atom. The summed E-state index contributed by atoms with van der Waals surface area (Å²) >= 11 is 0. The number of benzene rings is 1. The molecule has 1 aromatic heterocycles. The number of nitrogens with one attached hydrogen (secondary N) is 1. The van der Waals surface area contributed by atoms with Crippen molar-refractivity contribution in [3.63, 3.8) is 0 Å². The van der Waals surface area contributed by atoms with E-state index in [0.29, 0.717) is 19.7 Å². The molecule has 1 aliphatic heterocycles. The summed E-state index contributed by atoms with van der Waals surface area (Å²) in [7, 11) is 1.63. The molecule has 3 rings (SSSR count). The fourth-order valence-electron chi connectivity index (χ4n) is 3.18. The SMILES string of the molecule is COCCNC(=O)CN1CCN(c2cc(C)c3ccccc3n2)CC1. The quantitative estimate of drug-likeness (QED) is 0.805. The van der Waals surface area contributed by atoms with E-state index in [2.05, 4.69) is 40.2 Å². The average Bonchev–Trinajstić information content (AvgIpc) is 2.62. The van der Waals surface area contributed by atoms with Gasteiger partial charge in [-0.1, -0.05) is 18.2 Å². The first-order chi connectivity index (χ1) is 12.2. The second kappa shape index (κ2) is 8.27. The first-order valence-electron chi connectivity index (χ1n) is 8.76. The summed E-state index contributed by atoms with van der Waals surface area (Å²) in [6, 6.07) is 10.4. The summed E-state index contributed by atoms with van der Waals surface area (Å²) in [4.78, 5) is 21.2. The minimum Gasteiger partial charge on any atom is -0.383 e. The normalized spacial score (nSPS) is 15.5. The van der Waals surface area contributed by atoms with E-state index in [9.17, 15) is 4.79 Å². The molecule has 1 saturated heterocycles. The van der Waals surface area contributed by atoms with Gasteiger partial charge in [0.05, 0.1) is 18.7 Å². The molecule has 0 spiro atoms. The van der Waals surface area contributed by atoms with E-state index >= 15 is 0 Å². The summed E-state index contributed by atoms with van der Waals surface area (Å²) in [6.45, 7) is 7.20. The summed E-state index contributed by atoms with van der Waals surface area (Å²) in [6.07, 6.45) is 0. The Balaban J connectivity index is 1.56. The maximum Gasteiger partial charge on any atom is 0.234 e. The summed E-state index contributed by atoms with van der Waals surface area (Å²) < 4.78 is 4.94. The molecule has 0 radical (unpaired) electrons. The maximum atomic E-state index is 11.9. The van der Waals surface area contributed by atoms with Crippen LogP contribution >= 0.6 is 0 Å². The van der Waals surface area contributed by atoms with Crippen LogP contribution in [0.4, 0.5) is 5.82 Å². The number of piperazine rings is 1. The average molecular weight is 342 g/mol. The van der Waals surface area contributed by atoms with Gasteiger partial charge in [0.1, 0.15) is 5.82 Å². The highest BCUT2D eigenvalue weighted by molar-refractivity contribution is 5.83. The summed E-state index contributed by atoms with van der Waals surface area (Å²) in [5.41, 5.74) is 2.29. The van der Waals surface area contributed by atoms with E-state index in [1.165, 1.54) is 10.9 Å². The number of fused-ring (bicyclic) bond motifs is 1. The number of aryl methyl sites for hydroxylation is 1. The Kier molecular flexibility index (Phi) is 5.83. The Morgan fingerprint density at radius 2 is 2.00 bits per heavy atom. The predicted molar refractivity (Wildman–Crippen MR) is 100 cm³/mol. The molecule has 1 aliphatic rings. The van der Waals surface area contributed by atoms with Gasteiger partial charge >= 0.3 is 0 Å². The Hall–Kier alpha value is -2.18. The third-order valence-corrected chi connectivity index (χ3v) is 4.60. The van der Waals surface area contributed by atoms with Gasteiger partial charge in [-0.15, -0.1) is 0 Å². The van der Waals surface area contributed by atoms with E-state index in [4.69, 9.17) is 9.72 Å². The van der Waals surface area contributed by atoms with Crippen molar-refractivity contribution >= 4 is 22.6 Å². The molecule has 6 heteroatoms. The summed E-state index contributed by atoms with van der Waals surface area (Å²) in [5, 5.41) is 4.08. The van der Waals surface area contributed by atoms with Gasteiger partial charge in [-0.3, -0.25) is 9.69 Å². The van der Waals surface area contributed by atoms with Crippen molar-refractivity contribution in [2.45, 2.75) is 6.92 Å². The van der Waals surface area contributed by atoms with E-state index in [0.717, 1.165) is 37.5 Å². The predicted octanol–water partition coefficient (Wildman–Crippen LogP) is 1.43. The van der Waals surface area contributed by atoms with Crippen molar-refractivity contribution in [1.29, 1.82) is 0 Å². The van der Waals surface area contributed by atoms with Crippen LogP contribution < -0.4 is 10.2 Å². The zero-order valence-electron chi connectivity index (χ0n) is 15.0. The molecule has 0 unspecified atom stereocenters. The minimum atomic E-state index is 0.0603. The lowest BCUT2D eigenvalue weighted by Gasteiger charge is -2.35. The number of pyridine rings is 1. The smallest absolute Gasteiger partial charge is 0.234 e. The lowest BCUT2D eigenvalue weighted by Crippen LogP contribution is -2.50. The number of ether oxygens (including phenoxy) is 1. The molecular weight excluding hydrogens is 316 g/mol. The second-order valence-electron chi connectivity index (χ2n) is 6.42. The van der Waals surface area contributed by atoms with Crippen LogP contribution in [-0.2, 0) is 9.53 Å².